The summed E-state index contributed by atoms with van der Waals surface area (Å²) in [5, 5.41) is 4.06. The summed E-state index contributed by atoms with van der Waals surface area (Å²) in [7, 11) is 4.61. The van der Waals surface area contributed by atoms with E-state index in [1.807, 2.05) is 24.3 Å². The molecule has 9 heteroatoms. The van der Waals surface area contributed by atoms with Crippen LogP contribution < -0.4 is 19.6 Å². The Morgan fingerprint density at radius 1 is 1.00 bits per heavy atom. The Labute approximate surface area is 198 Å². The van der Waals surface area contributed by atoms with E-state index >= 15 is 0 Å². The molecule has 0 atom stereocenters. The highest BCUT2D eigenvalue weighted by atomic mass is 79.9. The molecule has 0 radical (unpaired) electrons. The number of ether oxygens (including phenoxy) is 3. The summed E-state index contributed by atoms with van der Waals surface area (Å²) in [6.07, 6.45) is 1.50. The summed E-state index contributed by atoms with van der Waals surface area (Å²) in [5.74, 6) is 1.86. The van der Waals surface area contributed by atoms with E-state index in [4.69, 9.17) is 14.2 Å². The monoisotopic (exact) mass is 508 g/mol. The average Bonchev–Trinajstić information content (AvgIpc) is 3.27. The Morgan fingerprint density at radius 3 is 2.33 bits per heavy atom. The maximum atomic E-state index is 12.6. The molecule has 0 saturated heterocycles. The van der Waals surface area contributed by atoms with Crippen molar-refractivity contribution in [1.29, 1.82) is 0 Å². The Morgan fingerprint density at radius 2 is 1.70 bits per heavy atom. The number of imidazole rings is 1. The molecule has 4 aromatic rings. The second-order valence-corrected chi connectivity index (χ2v) is 7.90. The van der Waals surface area contributed by atoms with E-state index in [1.165, 1.54) is 27.5 Å². The predicted molar refractivity (Wildman–Crippen MR) is 130 cm³/mol. The van der Waals surface area contributed by atoms with Gasteiger partial charge in [0.25, 0.3) is 5.91 Å². The van der Waals surface area contributed by atoms with Gasteiger partial charge in [0.1, 0.15) is 5.82 Å². The molecule has 0 spiro atoms. The van der Waals surface area contributed by atoms with Crippen LogP contribution in [0.3, 0.4) is 0 Å². The Hall–Kier alpha value is -3.85. The highest BCUT2D eigenvalue weighted by molar-refractivity contribution is 9.10. The Balaban J connectivity index is 1.51. The van der Waals surface area contributed by atoms with Gasteiger partial charge in [0.2, 0.25) is 5.75 Å². The highest BCUT2D eigenvalue weighted by Gasteiger charge is 2.13. The first kappa shape index (κ1) is 22.3. The number of hydrogen-bond donors (Lipinski definition) is 2. The summed E-state index contributed by atoms with van der Waals surface area (Å²) in [5.41, 5.74) is 6.15. The molecular formula is C24H21BrN4O4. The van der Waals surface area contributed by atoms with Crippen molar-refractivity contribution in [2.24, 2.45) is 5.10 Å². The van der Waals surface area contributed by atoms with E-state index in [9.17, 15) is 4.79 Å². The topological polar surface area (TPSA) is 97.8 Å². The van der Waals surface area contributed by atoms with Gasteiger partial charge < -0.3 is 19.2 Å². The Kier molecular flexibility index (Phi) is 6.60. The second-order valence-electron chi connectivity index (χ2n) is 6.98. The molecule has 3 aromatic carbocycles. The fourth-order valence-corrected chi connectivity index (χ4v) is 3.57. The number of hydrazone groups is 1. The summed E-state index contributed by atoms with van der Waals surface area (Å²) in [6, 6.07) is 16.6. The summed E-state index contributed by atoms with van der Waals surface area (Å²) >= 11 is 3.43. The van der Waals surface area contributed by atoms with Crippen LogP contribution in [0, 0.1) is 0 Å². The smallest absolute Gasteiger partial charge is 0.271 e. The lowest BCUT2D eigenvalue weighted by Gasteiger charge is -2.12. The van der Waals surface area contributed by atoms with Gasteiger partial charge in [-0.3, -0.25) is 4.79 Å². The van der Waals surface area contributed by atoms with Crippen molar-refractivity contribution in [1.82, 2.24) is 15.4 Å². The third-order valence-corrected chi connectivity index (χ3v) is 5.46. The zero-order valence-corrected chi connectivity index (χ0v) is 19.8. The number of H-pyrrole nitrogens is 1. The fraction of sp³-hybridized carbons (Fsp3) is 0.125. The quantitative estimate of drug-likeness (QED) is 0.276. The predicted octanol–water partition coefficient (Wildman–Crippen LogP) is 4.78. The largest absolute Gasteiger partial charge is 0.493 e. The molecule has 2 N–H and O–H groups in total. The number of fused-ring (bicyclic) bond motifs is 1. The van der Waals surface area contributed by atoms with Crippen LogP contribution >= 0.6 is 15.9 Å². The van der Waals surface area contributed by atoms with Crippen molar-refractivity contribution in [2.75, 3.05) is 21.3 Å². The number of methoxy groups -OCH3 is 3. The normalized spacial score (nSPS) is 11.0. The zero-order chi connectivity index (χ0) is 23.4. The number of hydrogen-bond acceptors (Lipinski definition) is 6. The summed E-state index contributed by atoms with van der Waals surface area (Å²) in [4.78, 5) is 20.5. The van der Waals surface area contributed by atoms with Crippen molar-refractivity contribution in [2.45, 2.75) is 0 Å². The van der Waals surface area contributed by atoms with E-state index in [-0.39, 0.29) is 5.91 Å². The van der Waals surface area contributed by atoms with Crippen LogP contribution in [0.4, 0.5) is 0 Å². The summed E-state index contributed by atoms with van der Waals surface area (Å²) in [6.45, 7) is 0. The van der Waals surface area contributed by atoms with Crippen LogP contribution in [-0.4, -0.2) is 43.4 Å². The number of benzene rings is 3. The summed E-state index contributed by atoms with van der Waals surface area (Å²) < 4.78 is 17.0. The van der Waals surface area contributed by atoms with Gasteiger partial charge in [0, 0.05) is 21.2 Å². The molecule has 168 valence electrons. The number of aromatic nitrogens is 2. The minimum atomic E-state index is -0.347. The van der Waals surface area contributed by atoms with Crippen LogP contribution in [-0.2, 0) is 0 Å². The van der Waals surface area contributed by atoms with Crippen molar-refractivity contribution in [3.63, 3.8) is 0 Å². The third-order valence-electron chi connectivity index (χ3n) is 4.93. The molecule has 0 bridgehead atoms. The molecule has 8 nitrogen and oxygen atoms in total. The van der Waals surface area contributed by atoms with Gasteiger partial charge in [0.05, 0.1) is 38.6 Å². The highest BCUT2D eigenvalue weighted by Crippen LogP contribution is 2.37. The molecule has 0 aliphatic carbocycles. The van der Waals surface area contributed by atoms with Crippen molar-refractivity contribution < 1.29 is 19.0 Å². The number of nitrogens with one attached hydrogen (secondary N) is 2. The molecule has 0 saturated carbocycles. The molecule has 33 heavy (non-hydrogen) atoms. The van der Waals surface area contributed by atoms with Crippen LogP contribution in [0.5, 0.6) is 17.2 Å². The number of nitrogens with zero attached hydrogens (tertiary/aromatic N) is 2. The van der Waals surface area contributed by atoms with Crippen molar-refractivity contribution in [3.05, 3.63) is 70.2 Å². The maximum absolute atomic E-state index is 12.6. The third kappa shape index (κ3) is 4.83. The maximum Gasteiger partial charge on any atom is 0.271 e. The SMILES string of the molecule is COc1cc(/C=N\NC(=O)c2ccc3nc(-c4ccc(Br)cc4)[nH]c3c2)cc(OC)c1OC. The van der Waals surface area contributed by atoms with E-state index in [2.05, 4.69) is 36.4 Å². The minimum absolute atomic E-state index is 0.347. The van der Waals surface area contributed by atoms with E-state index in [0.717, 1.165) is 26.9 Å². The first-order valence-electron chi connectivity index (χ1n) is 9.91. The molecule has 1 heterocycles. The Bertz CT molecular complexity index is 1310. The van der Waals surface area contributed by atoms with Gasteiger partial charge >= 0.3 is 0 Å². The van der Waals surface area contributed by atoms with Crippen LogP contribution in [0.15, 0.2) is 64.2 Å². The standard InChI is InChI=1S/C24H21BrN4O4/c1-31-20-10-14(11-21(32-2)22(20)33-3)13-26-29-24(30)16-6-9-18-19(12-16)28-23(27-18)15-4-7-17(25)8-5-15/h4-13H,1-3H3,(H,27,28)(H,29,30)/b26-13-. The lowest BCUT2D eigenvalue weighted by Crippen LogP contribution is -2.17. The minimum Gasteiger partial charge on any atom is -0.493 e. The number of aromatic amines is 1. The number of rotatable bonds is 7. The van der Waals surface area contributed by atoms with Crippen molar-refractivity contribution >= 4 is 39.1 Å². The lowest BCUT2D eigenvalue weighted by molar-refractivity contribution is 0.0955. The van der Waals surface area contributed by atoms with Crippen molar-refractivity contribution in [3.8, 4) is 28.6 Å². The molecule has 4 rings (SSSR count). The van der Waals surface area contributed by atoms with Gasteiger partial charge in [0.15, 0.2) is 11.5 Å². The molecule has 1 aromatic heterocycles. The van der Waals surface area contributed by atoms with E-state index in [1.54, 1.807) is 30.3 Å². The molecule has 0 fully saturated rings. The van der Waals surface area contributed by atoms with Gasteiger partial charge in [-0.1, -0.05) is 28.1 Å². The van der Waals surface area contributed by atoms with Gasteiger partial charge in [-0.2, -0.15) is 5.10 Å². The molecule has 0 aliphatic heterocycles. The van der Waals surface area contributed by atoms with Crippen LogP contribution in [0.2, 0.25) is 0 Å². The van der Waals surface area contributed by atoms with Gasteiger partial charge in [-0.25, -0.2) is 10.4 Å². The molecule has 0 unspecified atom stereocenters. The molecular weight excluding hydrogens is 488 g/mol. The number of carbonyl (C=O) groups excluding carboxylic acids is 1. The lowest BCUT2D eigenvalue weighted by atomic mass is 10.2. The molecule has 1 amide bonds. The van der Waals surface area contributed by atoms with Crippen LogP contribution in [0.25, 0.3) is 22.4 Å². The number of carbonyl (C=O) groups is 1. The zero-order valence-electron chi connectivity index (χ0n) is 18.2. The first-order valence-corrected chi connectivity index (χ1v) is 10.7. The van der Waals surface area contributed by atoms with E-state index in [0.29, 0.717) is 28.4 Å². The fourth-order valence-electron chi connectivity index (χ4n) is 3.30. The van der Waals surface area contributed by atoms with Gasteiger partial charge in [-0.15, -0.1) is 0 Å². The molecule has 0 aliphatic rings. The van der Waals surface area contributed by atoms with Gasteiger partial charge in [-0.05, 0) is 42.5 Å². The average molecular weight is 509 g/mol. The first-order chi connectivity index (χ1) is 16.0. The number of halogens is 1. The number of amides is 1. The van der Waals surface area contributed by atoms with Crippen LogP contribution in [0.1, 0.15) is 15.9 Å². The second kappa shape index (κ2) is 9.74. The van der Waals surface area contributed by atoms with E-state index < -0.39 is 0 Å².